The molecule has 2 rings (SSSR count). The van der Waals surface area contributed by atoms with Gasteiger partial charge in [0.15, 0.2) is 0 Å². The predicted octanol–water partition coefficient (Wildman–Crippen LogP) is 5.85. The Labute approximate surface area is 132 Å². The highest BCUT2D eigenvalue weighted by Gasteiger charge is 2.24. The van der Waals surface area contributed by atoms with Gasteiger partial charge in [0.05, 0.1) is 12.2 Å². The van der Waals surface area contributed by atoms with Crippen LogP contribution in [0.1, 0.15) is 33.3 Å². The van der Waals surface area contributed by atoms with E-state index in [1.807, 2.05) is 52.0 Å². The van der Waals surface area contributed by atoms with Crippen LogP contribution < -0.4 is 0 Å². The molecule has 0 atom stereocenters. The lowest BCUT2D eigenvalue weighted by molar-refractivity contribution is 0.149. The van der Waals surface area contributed by atoms with Gasteiger partial charge in [0.25, 0.3) is 0 Å². The van der Waals surface area contributed by atoms with Gasteiger partial charge in [-0.25, -0.2) is 0 Å². The molecule has 118 valence electrons. The van der Waals surface area contributed by atoms with Crippen LogP contribution in [-0.2, 0) is 13.6 Å². The summed E-state index contributed by atoms with van der Waals surface area (Å²) < 4.78 is 23.7. The molecule has 0 saturated carbocycles. The molecular weight excluding hydrogens is 295 g/mol. The maximum atomic E-state index is 12.7. The van der Waals surface area contributed by atoms with Crippen LogP contribution in [0.4, 0.5) is 0 Å². The van der Waals surface area contributed by atoms with E-state index in [1.165, 1.54) is 5.39 Å². The summed E-state index contributed by atoms with van der Waals surface area (Å²) in [5.74, 6) is 1.55. The van der Waals surface area contributed by atoms with Crippen LogP contribution in [-0.4, -0.2) is 12.2 Å². The molecule has 0 spiro atoms. The average molecular weight is 318 g/mol. The molecule has 0 N–H and O–H groups in total. The van der Waals surface area contributed by atoms with E-state index in [9.17, 15) is 4.57 Å². The van der Waals surface area contributed by atoms with Gasteiger partial charge in [0, 0.05) is 5.82 Å². The van der Waals surface area contributed by atoms with E-state index in [-0.39, 0.29) is 12.2 Å². The Morgan fingerprint density at radius 1 is 0.909 bits per heavy atom. The SMILES string of the molecule is CC(C)OP(=O)(/C=C/c1ccc2ccccc2c1)OC(C)C. The minimum absolute atomic E-state index is 0.161. The molecule has 0 aliphatic rings. The number of rotatable bonds is 6. The Balaban J connectivity index is 2.26. The van der Waals surface area contributed by atoms with E-state index in [1.54, 1.807) is 11.9 Å². The monoisotopic (exact) mass is 318 g/mol. The average Bonchev–Trinajstić information content (AvgIpc) is 2.43. The van der Waals surface area contributed by atoms with Crippen molar-refractivity contribution in [3.05, 3.63) is 53.8 Å². The third kappa shape index (κ3) is 4.81. The molecule has 0 radical (unpaired) electrons. The minimum Gasteiger partial charge on any atom is -0.303 e. The summed E-state index contributed by atoms with van der Waals surface area (Å²) in [6.45, 7) is 7.39. The first kappa shape index (κ1) is 17.0. The maximum absolute atomic E-state index is 12.7. The van der Waals surface area contributed by atoms with Crippen molar-refractivity contribution in [2.24, 2.45) is 0 Å². The third-order valence-corrected chi connectivity index (χ3v) is 4.88. The van der Waals surface area contributed by atoms with Gasteiger partial charge in [-0.05, 0) is 56.2 Å². The molecular formula is C18H23O3P. The van der Waals surface area contributed by atoms with E-state index in [2.05, 4.69) is 18.2 Å². The van der Waals surface area contributed by atoms with Crippen molar-refractivity contribution in [3.8, 4) is 0 Å². The zero-order valence-electron chi connectivity index (χ0n) is 13.5. The molecule has 0 amide bonds. The molecule has 0 aliphatic carbocycles. The molecule has 0 unspecified atom stereocenters. The first-order valence-electron chi connectivity index (χ1n) is 7.52. The predicted molar refractivity (Wildman–Crippen MR) is 93.0 cm³/mol. The molecule has 4 heteroatoms. The molecule has 0 aromatic heterocycles. The summed E-state index contributed by atoms with van der Waals surface area (Å²) in [5.41, 5.74) is 0.971. The van der Waals surface area contributed by atoms with E-state index in [0.29, 0.717) is 0 Å². The van der Waals surface area contributed by atoms with Crippen molar-refractivity contribution in [3.63, 3.8) is 0 Å². The number of hydrogen-bond acceptors (Lipinski definition) is 3. The third-order valence-electron chi connectivity index (χ3n) is 2.94. The second-order valence-corrected chi connectivity index (χ2v) is 7.57. The number of benzene rings is 2. The topological polar surface area (TPSA) is 35.5 Å². The van der Waals surface area contributed by atoms with Gasteiger partial charge < -0.3 is 9.05 Å². The van der Waals surface area contributed by atoms with Gasteiger partial charge in [-0.15, -0.1) is 0 Å². The first-order valence-corrected chi connectivity index (χ1v) is 9.14. The smallest absolute Gasteiger partial charge is 0.303 e. The molecule has 0 fully saturated rings. The molecule has 2 aromatic rings. The minimum atomic E-state index is -3.24. The lowest BCUT2D eigenvalue weighted by atomic mass is 10.1. The van der Waals surface area contributed by atoms with Gasteiger partial charge in [0.2, 0.25) is 0 Å². The van der Waals surface area contributed by atoms with E-state index < -0.39 is 7.60 Å². The molecule has 3 nitrogen and oxygen atoms in total. The Morgan fingerprint density at radius 2 is 1.50 bits per heavy atom. The summed E-state index contributed by atoms with van der Waals surface area (Å²) >= 11 is 0. The highest BCUT2D eigenvalue weighted by Crippen LogP contribution is 2.52. The lowest BCUT2D eigenvalue weighted by Gasteiger charge is -2.19. The molecule has 22 heavy (non-hydrogen) atoms. The summed E-state index contributed by atoms with van der Waals surface area (Å²) in [6.07, 6.45) is 1.48. The van der Waals surface area contributed by atoms with Crippen molar-refractivity contribution in [1.82, 2.24) is 0 Å². The standard InChI is InChI=1S/C18H23O3P/c1-14(2)20-22(19,21-15(3)4)12-11-16-9-10-17-7-5-6-8-18(17)13-16/h5-15H,1-4H3/b12-11+. The zero-order chi connectivity index (χ0) is 16.2. The molecule has 0 aliphatic heterocycles. The fraction of sp³-hybridized carbons (Fsp3) is 0.333. The van der Waals surface area contributed by atoms with Crippen LogP contribution in [0, 0.1) is 0 Å². The van der Waals surface area contributed by atoms with Crippen molar-refractivity contribution < 1.29 is 13.6 Å². The Bertz CT molecular complexity index is 690. The van der Waals surface area contributed by atoms with Crippen molar-refractivity contribution >= 4 is 24.4 Å². The molecule has 0 bridgehead atoms. The summed E-state index contributed by atoms with van der Waals surface area (Å²) in [4.78, 5) is 0. The van der Waals surface area contributed by atoms with Gasteiger partial charge in [0.1, 0.15) is 0 Å². The van der Waals surface area contributed by atoms with Crippen LogP contribution in [0.25, 0.3) is 16.8 Å². The highest BCUT2D eigenvalue weighted by atomic mass is 31.2. The van der Waals surface area contributed by atoms with E-state index in [0.717, 1.165) is 10.9 Å². The van der Waals surface area contributed by atoms with Crippen LogP contribution in [0.3, 0.4) is 0 Å². The van der Waals surface area contributed by atoms with Crippen molar-refractivity contribution in [1.29, 1.82) is 0 Å². The summed E-state index contributed by atoms with van der Waals surface area (Å²) in [5, 5.41) is 2.33. The van der Waals surface area contributed by atoms with Crippen LogP contribution in [0.15, 0.2) is 48.3 Å². The number of hydrogen-bond donors (Lipinski definition) is 0. The first-order chi connectivity index (χ1) is 10.4. The van der Waals surface area contributed by atoms with Crippen LogP contribution in [0.5, 0.6) is 0 Å². The van der Waals surface area contributed by atoms with Gasteiger partial charge >= 0.3 is 7.60 Å². The molecule has 0 saturated heterocycles. The fourth-order valence-corrected chi connectivity index (χ4v) is 3.89. The second kappa shape index (κ2) is 7.23. The Morgan fingerprint density at radius 3 is 2.09 bits per heavy atom. The van der Waals surface area contributed by atoms with Crippen molar-refractivity contribution in [2.45, 2.75) is 39.9 Å². The van der Waals surface area contributed by atoms with Gasteiger partial charge in [-0.1, -0.05) is 36.4 Å². The normalized spacial score (nSPS) is 12.8. The fourth-order valence-electron chi connectivity index (χ4n) is 2.17. The maximum Gasteiger partial charge on any atom is 0.354 e. The quantitative estimate of drug-likeness (QED) is 0.626. The molecule has 0 heterocycles. The second-order valence-electron chi connectivity index (χ2n) is 5.77. The Kier molecular flexibility index (Phi) is 5.57. The number of fused-ring (bicyclic) bond motifs is 1. The van der Waals surface area contributed by atoms with Gasteiger partial charge in [-0.2, -0.15) is 0 Å². The lowest BCUT2D eigenvalue weighted by Crippen LogP contribution is -2.06. The molecule has 2 aromatic carbocycles. The van der Waals surface area contributed by atoms with E-state index in [4.69, 9.17) is 9.05 Å². The summed E-state index contributed by atoms with van der Waals surface area (Å²) in [6, 6.07) is 14.2. The van der Waals surface area contributed by atoms with Crippen LogP contribution in [0.2, 0.25) is 0 Å². The van der Waals surface area contributed by atoms with Crippen LogP contribution >= 0.6 is 7.60 Å². The summed E-state index contributed by atoms with van der Waals surface area (Å²) in [7, 11) is -3.24. The van der Waals surface area contributed by atoms with E-state index >= 15 is 0 Å². The zero-order valence-corrected chi connectivity index (χ0v) is 14.4. The van der Waals surface area contributed by atoms with Gasteiger partial charge in [-0.3, -0.25) is 4.57 Å². The highest BCUT2D eigenvalue weighted by molar-refractivity contribution is 7.57. The Hall–Kier alpha value is -1.41. The van der Waals surface area contributed by atoms with Crippen molar-refractivity contribution in [2.75, 3.05) is 0 Å². The largest absolute Gasteiger partial charge is 0.354 e.